The Labute approximate surface area is 162 Å². The molecule has 1 fully saturated rings. The Hall–Kier alpha value is -2.50. The third-order valence-electron chi connectivity index (χ3n) is 5.26. The highest BCUT2D eigenvalue weighted by molar-refractivity contribution is 7.18. The second-order valence-corrected chi connectivity index (χ2v) is 8.18. The number of hydrogen-bond acceptors (Lipinski definition) is 5. The molecule has 5 rings (SSSR count). The van der Waals surface area contributed by atoms with Crippen molar-refractivity contribution in [3.63, 3.8) is 0 Å². The Kier molecular flexibility index (Phi) is 4.47. The minimum absolute atomic E-state index is 0.577. The van der Waals surface area contributed by atoms with Crippen molar-refractivity contribution < 1.29 is 4.52 Å². The molecule has 1 saturated heterocycles. The smallest absolute Gasteiger partial charge is 0.151 e. The van der Waals surface area contributed by atoms with Crippen molar-refractivity contribution in [2.45, 2.75) is 25.3 Å². The first kappa shape index (κ1) is 16.7. The SMILES string of the molecule is c1ccc(-c2cc(CN3CCC(c4nc5ccccc5s4)CC3)on2)cc1. The highest BCUT2D eigenvalue weighted by Gasteiger charge is 2.24. The van der Waals surface area contributed by atoms with Gasteiger partial charge in [-0.2, -0.15) is 0 Å². The molecule has 3 heterocycles. The zero-order valence-electron chi connectivity index (χ0n) is 15.0. The third kappa shape index (κ3) is 3.53. The van der Waals surface area contributed by atoms with E-state index in [-0.39, 0.29) is 0 Å². The molecule has 0 bridgehead atoms. The van der Waals surface area contributed by atoms with E-state index >= 15 is 0 Å². The number of piperidine rings is 1. The van der Waals surface area contributed by atoms with Gasteiger partial charge in [0.1, 0.15) is 5.69 Å². The van der Waals surface area contributed by atoms with Gasteiger partial charge in [0.05, 0.1) is 21.8 Å². The number of hydrogen-bond donors (Lipinski definition) is 0. The van der Waals surface area contributed by atoms with E-state index in [9.17, 15) is 0 Å². The summed E-state index contributed by atoms with van der Waals surface area (Å²) >= 11 is 1.85. The third-order valence-corrected chi connectivity index (χ3v) is 6.45. The fourth-order valence-electron chi connectivity index (χ4n) is 3.76. The molecule has 1 aliphatic heterocycles. The molecule has 0 atom stereocenters. The molecule has 0 amide bonds. The Balaban J connectivity index is 1.21. The molecular formula is C22H21N3OS. The second kappa shape index (κ2) is 7.25. The van der Waals surface area contributed by atoms with Gasteiger partial charge in [-0.3, -0.25) is 4.90 Å². The van der Waals surface area contributed by atoms with Gasteiger partial charge >= 0.3 is 0 Å². The molecule has 27 heavy (non-hydrogen) atoms. The van der Waals surface area contributed by atoms with E-state index in [1.165, 1.54) is 9.71 Å². The number of likely N-dealkylation sites (tertiary alicyclic amines) is 1. The Bertz CT molecular complexity index is 999. The summed E-state index contributed by atoms with van der Waals surface area (Å²) in [6.07, 6.45) is 2.30. The first-order chi connectivity index (χ1) is 13.3. The summed E-state index contributed by atoms with van der Waals surface area (Å²) in [5.74, 6) is 1.51. The summed E-state index contributed by atoms with van der Waals surface area (Å²) in [4.78, 5) is 7.31. The summed E-state index contributed by atoms with van der Waals surface area (Å²) in [6, 6.07) is 20.7. The number of aromatic nitrogens is 2. The van der Waals surface area contributed by atoms with Crippen LogP contribution < -0.4 is 0 Å². The average molecular weight is 375 g/mol. The van der Waals surface area contributed by atoms with Crippen LogP contribution in [0.5, 0.6) is 0 Å². The molecule has 5 heteroatoms. The number of para-hydroxylation sites is 1. The summed E-state index contributed by atoms with van der Waals surface area (Å²) < 4.78 is 6.87. The fraction of sp³-hybridized carbons (Fsp3) is 0.273. The number of benzene rings is 2. The van der Waals surface area contributed by atoms with Gasteiger partial charge in [-0.1, -0.05) is 47.6 Å². The minimum Gasteiger partial charge on any atom is -0.359 e. The monoisotopic (exact) mass is 375 g/mol. The van der Waals surface area contributed by atoms with Crippen LogP contribution in [0.1, 0.15) is 29.5 Å². The maximum absolute atomic E-state index is 5.57. The highest BCUT2D eigenvalue weighted by Crippen LogP contribution is 2.34. The minimum atomic E-state index is 0.577. The standard InChI is InChI=1S/C22H21N3OS/c1-2-6-16(7-3-1)20-14-18(26-24-20)15-25-12-10-17(11-13-25)22-23-19-8-4-5-9-21(19)27-22/h1-9,14,17H,10-13,15H2. The lowest BCUT2D eigenvalue weighted by molar-refractivity contribution is 0.184. The molecule has 0 saturated carbocycles. The van der Waals surface area contributed by atoms with Crippen LogP contribution in [0.25, 0.3) is 21.5 Å². The van der Waals surface area contributed by atoms with E-state index in [4.69, 9.17) is 9.51 Å². The van der Waals surface area contributed by atoms with Gasteiger partial charge in [-0.25, -0.2) is 4.98 Å². The predicted molar refractivity (Wildman–Crippen MR) is 109 cm³/mol. The molecule has 2 aromatic carbocycles. The normalized spacial score (nSPS) is 16.1. The van der Waals surface area contributed by atoms with Crippen molar-refractivity contribution in [2.75, 3.05) is 13.1 Å². The molecule has 2 aromatic heterocycles. The lowest BCUT2D eigenvalue weighted by Gasteiger charge is -2.30. The number of rotatable bonds is 4. The van der Waals surface area contributed by atoms with Gasteiger partial charge in [-0.15, -0.1) is 11.3 Å². The van der Waals surface area contributed by atoms with Crippen molar-refractivity contribution >= 4 is 21.6 Å². The first-order valence-electron chi connectivity index (χ1n) is 9.44. The molecule has 0 radical (unpaired) electrons. The quantitative estimate of drug-likeness (QED) is 0.483. The summed E-state index contributed by atoms with van der Waals surface area (Å²) in [7, 11) is 0. The Morgan fingerprint density at radius 3 is 2.59 bits per heavy atom. The lowest BCUT2D eigenvalue weighted by atomic mass is 9.97. The highest BCUT2D eigenvalue weighted by atomic mass is 32.1. The zero-order chi connectivity index (χ0) is 18.1. The molecule has 0 spiro atoms. The van der Waals surface area contributed by atoms with E-state index in [1.54, 1.807) is 0 Å². The van der Waals surface area contributed by atoms with Crippen LogP contribution in [0, 0.1) is 0 Å². The van der Waals surface area contributed by atoms with Crippen molar-refractivity contribution in [3.05, 3.63) is 71.4 Å². The van der Waals surface area contributed by atoms with Gasteiger partial charge in [0.25, 0.3) is 0 Å². The van der Waals surface area contributed by atoms with Crippen molar-refractivity contribution in [3.8, 4) is 11.3 Å². The van der Waals surface area contributed by atoms with Crippen molar-refractivity contribution in [1.29, 1.82) is 0 Å². The summed E-state index contributed by atoms with van der Waals surface area (Å²) in [5, 5.41) is 5.52. The van der Waals surface area contributed by atoms with Gasteiger partial charge in [0, 0.05) is 17.5 Å². The van der Waals surface area contributed by atoms with Gasteiger partial charge < -0.3 is 4.52 Å². The topological polar surface area (TPSA) is 42.2 Å². The van der Waals surface area contributed by atoms with Crippen LogP contribution in [-0.2, 0) is 6.54 Å². The van der Waals surface area contributed by atoms with E-state index in [2.05, 4.69) is 52.5 Å². The van der Waals surface area contributed by atoms with Crippen LogP contribution in [-0.4, -0.2) is 28.1 Å². The van der Waals surface area contributed by atoms with Crippen LogP contribution >= 0.6 is 11.3 Å². The van der Waals surface area contributed by atoms with E-state index < -0.39 is 0 Å². The fourth-order valence-corrected chi connectivity index (χ4v) is 4.89. The Morgan fingerprint density at radius 2 is 1.78 bits per heavy atom. The summed E-state index contributed by atoms with van der Waals surface area (Å²) in [6.45, 7) is 2.97. The maximum atomic E-state index is 5.57. The second-order valence-electron chi connectivity index (χ2n) is 7.11. The lowest BCUT2D eigenvalue weighted by Crippen LogP contribution is -2.32. The molecule has 4 nitrogen and oxygen atoms in total. The van der Waals surface area contributed by atoms with Crippen LogP contribution in [0.2, 0.25) is 0 Å². The molecule has 1 aliphatic rings. The van der Waals surface area contributed by atoms with E-state index in [1.807, 2.05) is 29.5 Å². The van der Waals surface area contributed by atoms with Crippen LogP contribution in [0.4, 0.5) is 0 Å². The van der Waals surface area contributed by atoms with Gasteiger partial charge in [0.2, 0.25) is 0 Å². The molecule has 4 aromatic rings. The molecule has 0 N–H and O–H groups in total. The first-order valence-corrected chi connectivity index (χ1v) is 10.3. The van der Waals surface area contributed by atoms with E-state index in [0.717, 1.165) is 55.0 Å². The average Bonchev–Trinajstić information content (AvgIpc) is 3.36. The zero-order valence-corrected chi connectivity index (χ0v) is 15.9. The van der Waals surface area contributed by atoms with Crippen LogP contribution in [0.15, 0.2) is 65.2 Å². The maximum Gasteiger partial charge on any atom is 0.151 e. The molecule has 136 valence electrons. The van der Waals surface area contributed by atoms with Crippen molar-refractivity contribution in [2.24, 2.45) is 0 Å². The number of thiazole rings is 1. The van der Waals surface area contributed by atoms with Crippen molar-refractivity contribution in [1.82, 2.24) is 15.0 Å². The predicted octanol–water partition coefficient (Wildman–Crippen LogP) is 5.33. The van der Waals surface area contributed by atoms with Crippen LogP contribution in [0.3, 0.4) is 0 Å². The largest absolute Gasteiger partial charge is 0.359 e. The van der Waals surface area contributed by atoms with Gasteiger partial charge in [0.15, 0.2) is 5.76 Å². The number of fused-ring (bicyclic) bond motifs is 1. The molecule has 0 aliphatic carbocycles. The summed E-state index contributed by atoms with van der Waals surface area (Å²) in [5.41, 5.74) is 3.15. The molecular weight excluding hydrogens is 354 g/mol. The number of nitrogens with zero attached hydrogens (tertiary/aromatic N) is 3. The van der Waals surface area contributed by atoms with E-state index in [0.29, 0.717) is 5.92 Å². The molecule has 0 unspecified atom stereocenters. The Morgan fingerprint density at radius 1 is 1.00 bits per heavy atom. The van der Waals surface area contributed by atoms with Gasteiger partial charge in [-0.05, 0) is 38.1 Å².